The summed E-state index contributed by atoms with van der Waals surface area (Å²) in [5, 5.41) is 0. The largest absolute Gasteiger partial charge is 0.462 e. The Balaban J connectivity index is 4.35. The fourth-order valence-electron chi connectivity index (χ4n) is 9.52. The first-order chi connectivity index (χ1) is 41.0. The Labute approximate surface area is 513 Å². The fourth-order valence-corrected chi connectivity index (χ4v) is 9.52. The minimum absolute atomic E-state index is 0.108. The Morgan fingerprint density at radius 1 is 0.253 bits per heavy atom. The third-order valence-electron chi connectivity index (χ3n) is 14.6. The van der Waals surface area contributed by atoms with E-state index in [2.05, 4.69) is 148 Å². The van der Waals surface area contributed by atoms with Gasteiger partial charge in [-0.25, -0.2) is 0 Å². The van der Waals surface area contributed by atoms with Crippen molar-refractivity contribution in [1.82, 2.24) is 0 Å². The SMILES string of the molecule is CC/C=C\C/C=C\C/C=C\C/C=C\C/C=C\C/C=C\CCCCCCCCC(=O)OC(COC(=O)CC/C=C\C/C=C\C/C=C\C/C=C\CC)COC(=O)CCCCCCCCCCCCCCCCC/C=C\CCCCCCCCCC. The minimum Gasteiger partial charge on any atom is -0.462 e. The molecule has 0 saturated carbocycles. The molecule has 0 fully saturated rings. The van der Waals surface area contributed by atoms with Crippen LogP contribution in [0, 0.1) is 0 Å². The van der Waals surface area contributed by atoms with E-state index in [-0.39, 0.29) is 37.5 Å². The Morgan fingerprint density at radius 2 is 0.494 bits per heavy atom. The Bertz CT molecular complexity index is 1750. The van der Waals surface area contributed by atoms with Gasteiger partial charge in [0.25, 0.3) is 0 Å². The summed E-state index contributed by atoms with van der Waals surface area (Å²) in [5.41, 5.74) is 0. The van der Waals surface area contributed by atoms with Crippen LogP contribution < -0.4 is 0 Å². The average Bonchev–Trinajstić information content (AvgIpc) is 3.49. The number of unbranched alkanes of at least 4 members (excludes halogenated alkanes) is 29. The smallest absolute Gasteiger partial charge is 0.306 e. The summed E-state index contributed by atoms with van der Waals surface area (Å²) in [4.78, 5) is 38.4. The lowest BCUT2D eigenvalue weighted by Crippen LogP contribution is -2.30. The Hall–Kier alpha value is -4.45. The first-order valence-electron chi connectivity index (χ1n) is 34.7. The molecule has 472 valence electrons. The molecule has 0 rings (SSSR count). The van der Waals surface area contributed by atoms with Gasteiger partial charge in [0.05, 0.1) is 0 Å². The molecule has 1 atom stereocenters. The highest BCUT2D eigenvalue weighted by atomic mass is 16.6. The molecule has 0 aliphatic heterocycles. The number of esters is 3. The van der Waals surface area contributed by atoms with Gasteiger partial charge < -0.3 is 14.2 Å². The second-order valence-corrected chi connectivity index (χ2v) is 22.7. The third kappa shape index (κ3) is 68.2. The van der Waals surface area contributed by atoms with Crippen LogP contribution >= 0.6 is 0 Å². The van der Waals surface area contributed by atoms with Gasteiger partial charge in [0.15, 0.2) is 6.10 Å². The predicted molar refractivity (Wildman–Crippen MR) is 362 cm³/mol. The molecule has 1 unspecified atom stereocenters. The minimum atomic E-state index is -0.821. The second-order valence-electron chi connectivity index (χ2n) is 22.7. The first kappa shape index (κ1) is 78.5. The Kier molecular flexibility index (Phi) is 66.3. The van der Waals surface area contributed by atoms with E-state index in [0.717, 1.165) is 116 Å². The number of rotatable bonds is 62. The lowest BCUT2D eigenvalue weighted by atomic mass is 10.0. The van der Waals surface area contributed by atoms with Gasteiger partial charge in [-0.15, -0.1) is 0 Å². The molecule has 0 saturated heterocycles. The van der Waals surface area contributed by atoms with Crippen LogP contribution in [0.15, 0.2) is 134 Å². The van der Waals surface area contributed by atoms with Crippen molar-refractivity contribution in [1.29, 1.82) is 0 Å². The van der Waals surface area contributed by atoms with E-state index in [0.29, 0.717) is 19.3 Å². The number of allylic oxidation sites excluding steroid dienone is 22. The monoisotopic (exact) mass is 1150 g/mol. The van der Waals surface area contributed by atoms with Crippen molar-refractivity contribution < 1.29 is 28.6 Å². The van der Waals surface area contributed by atoms with Crippen LogP contribution in [0.25, 0.3) is 0 Å². The van der Waals surface area contributed by atoms with Gasteiger partial charge in [-0.05, 0) is 122 Å². The van der Waals surface area contributed by atoms with E-state index < -0.39 is 6.10 Å². The fraction of sp³-hybridized carbons (Fsp3) is 0.675. The quantitative estimate of drug-likeness (QED) is 0.0261. The lowest BCUT2D eigenvalue weighted by molar-refractivity contribution is -0.166. The maximum atomic E-state index is 12.9. The van der Waals surface area contributed by atoms with Crippen molar-refractivity contribution in [2.75, 3.05) is 13.2 Å². The Morgan fingerprint density at radius 3 is 0.819 bits per heavy atom. The van der Waals surface area contributed by atoms with Gasteiger partial charge in [0.2, 0.25) is 0 Å². The molecule has 0 bridgehead atoms. The summed E-state index contributed by atoms with van der Waals surface area (Å²) in [5.74, 6) is -1.00. The molecule has 0 aromatic heterocycles. The molecule has 0 spiro atoms. The van der Waals surface area contributed by atoms with Crippen LogP contribution in [0.3, 0.4) is 0 Å². The topological polar surface area (TPSA) is 78.9 Å². The summed E-state index contributed by atoms with van der Waals surface area (Å²) >= 11 is 0. The molecule has 0 amide bonds. The molecular formula is C77H128O6. The summed E-state index contributed by atoms with van der Waals surface area (Å²) in [6, 6.07) is 0. The number of carbonyl (C=O) groups excluding carboxylic acids is 3. The molecule has 0 aromatic rings. The number of hydrogen-bond acceptors (Lipinski definition) is 6. The highest BCUT2D eigenvalue weighted by Crippen LogP contribution is 2.16. The van der Waals surface area contributed by atoms with Gasteiger partial charge in [-0.2, -0.15) is 0 Å². The van der Waals surface area contributed by atoms with Gasteiger partial charge in [0.1, 0.15) is 13.2 Å². The third-order valence-corrected chi connectivity index (χ3v) is 14.6. The van der Waals surface area contributed by atoms with Crippen LogP contribution in [0.5, 0.6) is 0 Å². The zero-order valence-corrected chi connectivity index (χ0v) is 54.2. The summed E-state index contributed by atoms with van der Waals surface area (Å²) < 4.78 is 16.9. The van der Waals surface area contributed by atoms with E-state index in [1.807, 2.05) is 6.08 Å². The molecule has 0 heterocycles. The van der Waals surface area contributed by atoms with Gasteiger partial charge >= 0.3 is 17.9 Å². The van der Waals surface area contributed by atoms with Crippen molar-refractivity contribution in [3.63, 3.8) is 0 Å². The number of hydrogen-bond donors (Lipinski definition) is 0. The molecular weight excluding hydrogens is 1020 g/mol. The summed E-state index contributed by atoms with van der Waals surface area (Å²) in [6.07, 6.45) is 99.3. The maximum absolute atomic E-state index is 12.9. The number of ether oxygens (including phenoxy) is 3. The van der Waals surface area contributed by atoms with Crippen LogP contribution in [-0.4, -0.2) is 37.2 Å². The van der Waals surface area contributed by atoms with E-state index in [1.165, 1.54) is 154 Å². The van der Waals surface area contributed by atoms with E-state index >= 15 is 0 Å². The molecule has 6 nitrogen and oxygen atoms in total. The molecule has 0 radical (unpaired) electrons. The van der Waals surface area contributed by atoms with Crippen LogP contribution in [0.2, 0.25) is 0 Å². The van der Waals surface area contributed by atoms with Crippen LogP contribution in [0.1, 0.15) is 316 Å². The second kappa shape index (κ2) is 70.0. The van der Waals surface area contributed by atoms with E-state index in [9.17, 15) is 14.4 Å². The maximum Gasteiger partial charge on any atom is 0.306 e. The molecule has 0 aromatic carbocycles. The molecule has 83 heavy (non-hydrogen) atoms. The summed E-state index contributed by atoms with van der Waals surface area (Å²) in [7, 11) is 0. The van der Waals surface area contributed by atoms with Crippen molar-refractivity contribution in [2.45, 2.75) is 322 Å². The predicted octanol–water partition coefficient (Wildman–Crippen LogP) is 24.1. The van der Waals surface area contributed by atoms with Gasteiger partial charge in [0, 0.05) is 19.3 Å². The van der Waals surface area contributed by atoms with E-state index in [4.69, 9.17) is 14.2 Å². The number of carbonyl (C=O) groups is 3. The lowest BCUT2D eigenvalue weighted by Gasteiger charge is -2.18. The van der Waals surface area contributed by atoms with Crippen molar-refractivity contribution >= 4 is 17.9 Å². The molecule has 0 aliphatic rings. The van der Waals surface area contributed by atoms with Gasteiger partial charge in [-0.1, -0.05) is 309 Å². The molecule has 0 aliphatic carbocycles. The van der Waals surface area contributed by atoms with Crippen molar-refractivity contribution in [3.8, 4) is 0 Å². The first-order valence-corrected chi connectivity index (χ1v) is 34.7. The zero-order chi connectivity index (χ0) is 59.9. The van der Waals surface area contributed by atoms with Gasteiger partial charge in [-0.3, -0.25) is 14.4 Å². The highest BCUT2D eigenvalue weighted by Gasteiger charge is 2.19. The average molecular weight is 1150 g/mol. The van der Waals surface area contributed by atoms with Crippen molar-refractivity contribution in [2.24, 2.45) is 0 Å². The summed E-state index contributed by atoms with van der Waals surface area (Å²) in [6.45, 7) is 6.36. The normalized spacial score (nSPS) is 13.0. The van der Waals surface area contributed by atoms with Crippen LogP contribution in [0.4, 0.5) is 0 Å². The van der Waals surface area contributed by atoms with Crippen molar-refractivity contribution in [3.05, 3.63) is 134 Å². The molecule has 6 heteroatoms. The van der Waals surface area contributed by atoms with Crippen LogP contribution in [-0.2, 0) is 28.6 Å². The standard InChI is InChI=1S/C77H128O6/c1-4-7-10-13-16-19-22-25-27-29-31-33-35-37-38-40-41-43-45-47-49-52-55-58-61-64-67-70-76(79)82-73-74(72-81-75(78)69-66-63-60-57-54-51-24-21-18-15-12-9-6-3)83-77(80)71-68-65-62-59-56-53-50-48-46-44-42-39-36-34-32-30-28-26-23-20-17-14-11-8-5-2/h8-9,11-12,17-18,20-21,26,28-29,31-32,34,39,42,46,48,51,54,60,63,74H,4-7,10,13-16,19,22-25,27,30,33,35-38,40-41,43-45,47,49-50,52-53,55-59,61-62,64-73H2,1-3H3/b11-8-,12-9-,20-17-,21-18-,28-26-,31-29-,34-32-,42-39-,48-46-,54-51-,63-60-. The zero-order valence-electron chi connectivity index (χ0n) is 54.2. The highest BCUT2D eigenvalue weighted by molar-refractivity contribution is 5.71. The van der Waals surface area contributed by atoms with E-state index in [1.54, 1.807) is 0 Å². The molecule has 0 N–H and O–H groups in total.